The summed E-state index contributed by atoms with van der Waals surface area (Å²) < 4.78 is 0. The Labute approximate surface area is 119 Å². The molecular formula is C16H33N3. The van der Waals surface area contributed by atoms with Gasteiger partial charge in [-0.15, -0.1) is 0 Å². The predicted octanol–water partition coefficient (Wildman–Crippen LogP) is 2.32. The molecule has 112 valence electrons. The van der Waals surface area contributed by atoms with E-state index in [0.717, 1.165) is 6.04 Å². The van der Waals surface area contributed by atoms with Crippen LogP contribution in [0.5, 0.6) is 0 Å². The third-order valence-electron chi connectivity index (χ3n) is 4.74. The van der Waals surface area contributed by atoms with Crippen molar-refractivity contribution in [3.8, 4) is 0 Å². The van der Waals surface area contributed by atoms with Gasteiger partial charge >= 0.3 is 0 Å². The van der Waals surface area contributed by atoms with Crippen LogP contribution in [0.2, 0.25) is 0 Å². The molecule has 0 amide bonds. The molecule has 0 saturated carbocycles. The predicted molar refractivity (Wildman–Crippen MR) is 82.6 cm³/mol. The first kappa shape index (κ1) is 15.3. The van der Waals surface area contributed by atoms with Gasteiger partial charge in [-0.2, -0.15) is 0 Å². The van der Waals surface area contributed by atoms with Crippen LogP contribution in [0.1, 0.15) is 52.9 Å². The number of nitrogens with zero attached hydrogens (tertiary/aromatic N) is 2. The minimum atomic E-state index is 0.647. The van der Waals surface area contributed by atoms with Gasteiger partial charge in [0.05, 0.1) is 0 Å². The molecule has 2 rings (SSSR count). The molecule has 1 N–H and O–H groups in total. The average molecular weight is 267 g/mol. The van der Waals surface area contributed by atoms with Crippen LogP contribution < -0.4 is 5.32 Å². The lowest BCUT2D eigenvalue weighted by Gasteiger charge is -2.27. The van der Waals surface area contributed by atoms with E-state index in [0.29, 0.717) is 12.1 Å². The maximum Gasteiger partial charge on any atom is 0.0169 e. The summed E-state index contributed by atoms with van der Waals surface area (Å²) in [6, 6.07) is 2.09. The highest BCUT2D eigenvalue weighted by atomic mass is 15.2. The zero-order chi connectivity index (χ0) is 13.7. The quantitative estimate of drug-likeness (QED) is 0.825. The van der Waals surface area contributed by atoms with E-state index in [1.54, 1.807) is 0 Å². The van der Waals surface area contributed by atoms with E-state index in [-0.39, 0.29) is 0 Å². The molecular weight excluding hydrogens is 234 g/mol. The largest absolute Gasteiger partial charge is 0.310 e. The maximum atomic E-state index is 3.88. The minimum Gasteiger partial charge on any atom is -0.310 e. The lowest BCUT2D eigenvalue weighted by molar-refractivity contribution is 0.226. The van der Waals surface area contributed by atoms with Crippen LogP contribution >= 0.6 is 0 Å². The Kier molecular flexibility index (Phi) is 6.11. The molecule has 2 saturated heterocycles. The summed E-state index contributed by atoms with van der Waals surface area (Å²) >= 11 is 0. The fourth-order valence-corrected chi connectivity index (χ4v) is 3.61. The number of nitrogens with one attached hydrogen (secondary N) is 1. The summed E-state index contributed by atoms with van der Waals surface area (Å²) in [6.07, 6.45) is 6.83. The van der Waals surface area contributed by atoms with Crippen molar-refractivity contribution in [1.82, 2.24) is 15.1 Å². The van der Waals surface area contributed by atoms with Gasteiger partial charge in [-0.1, -0.05) is 0 Å². The Morgan fingerprint density at radius 1 is 0.947 bits per heavy atom. The molecule has 2 fully saturated rings. The van der Waals surface area contributed by atoms with Gasteiger partial charge in [0, 0.05) is 24.7 Å². The molecule has 2 heterocycles. The lowest BCUT2D eigenvalue weighted by Crippen LogP contribution is -2.43. The molecule has 0 aromatic rings. The molecule has 0 spiro atoms. The zero-order valence-electron chi connectivity index (χ0n) is 13.2. The standard InChI is InChI=1S/C16H33N3/c1-14(2)19-11-6-7-16(8-12-19)17-15(3)13-18-9-4-5-10-18/h14-17H,4-13H2,1-3H3. The van der Waals surface area contributed by atoms with E-state index in [4.69, 9.17) is 0 Å². The van der Waals surface area contributed by atoms with Gasteiger partial charge < -0.3 is 15.1 Å². The van der Waals surface area contributed by atoms with Crippen molar-refractivity contribution in [2.75, 3.05) is 32.7 Å². The smallest absolute Gasteiger partial charge is 0.0169 e. The third kappa shape index (κ3) is 5.05. The van der Waals surface area contributed by atoms with Crippen LogP contribution in [0.15, 0.2) is 0 Å². The first-order valence-electron chi connectivity index (χ1n) is 8.37. The van der Waals surface area contributed by atoms with Crippen molar-refractivity contribution in [2.45, 2.75) is 71.0 Å². The lowest BCUT2D eigenvalue weighted by atomic mass is 10.1. The Hall–Kier alpha value is -0.120. The van der Waals surface area contributed by atoms with Crippen LogP contribution in [0, 0.1) is 0 Å². The van der Waals surface area contributed by atoms with E-state index in [1.807, 2.05) is 0 Å². The number of hydrogen-bond donors (Lipinski definition) is 1. The van der Waals surface area contributed by atoms with Gasteiger partial charge in [0.15, 0.2) is 0 Å². The molecule has 2 unspecified atom stereocenters. The number of hydrogen-bond acceptors (Lipinski definition) is 3. The second-order valence-corrected chi connectivity index (χ2v) is 6.83. The second-order valence-electron chi connectivity index (χ2n) is 6.83. The molecule has 19 heavy (non-hydrogen) atoms. The minimum absolute atomic E-state index is 0.647. The van der Waals surface area contributed by atoms with Crippen LogP contribution in [-0.4, -0.2) is 60.6 Å². The summed E-state index contributed by atoms with van der Waals surface area (Å²) in [5.41, 5.74) is 0. The molecule has 2 aliphatic rings. The maximum absolute atomic E-state index is 3.88. The molecule has 0 aromatic heterocycles. The SMILES string of the molecule is CC(CN1CCCC1)NC1CCCN(C(C)C)CC1. The van der Waals surface area contributed by atoms with Crippen molar-refractivity contribution in [3.63, 3.8) is 0 Å². The molecule has 3 nitrogen and oxygen atoms in total. The van der Waals surface area contributed by atoms with Crippen LogP contribution in [0.25, 0.3) is 0 Å². The fourth-order valence-electron chi connectivity index (χ4n) is 3.61. The Morgan fingerprint density at radius 3 is 2.37 bits per heavy atom. The van der Waals surface area contributed by atoms with E-state index in [1.165, 1.54) is 64.8 Å². The van der Waals surface area contributed by atoms with Crippen molar-refractivity contribution >= 4 is 0 Å². The van der Waals surface area contributed by atoms with Gasteiger partial charge in [0.1, 0.15) is 0 Å². The van der Waals surface area contributed by atoms with Crippen molar-refractivity contribution in [2.24, 2.45) is 0 Å². The highest BCUT2D eigenvalue weighted by molar-refractivity contribution is 4.80. The molecule has 2 aliphatic heterocycles. The normalized spacial score (nSPS) is 28.7. The molecule has 0 bridgehead atoms. The Morgan fingerprint density at radius 2 is 1.68 bits per heavy atom. The number of likely N-dealkylation sites (tertiary alicyclic amines) is 2. The van der Waals surface area contributed by atoms with E-state index in [9.17, 15) is 0 Å². The summed E-state index contributed by atoms with van der Waals surface area (Å²) in [6.45, 7) is 13.4. The summed E-state index contributed by atoms with van der Waals surface area (Å²) in [5, 5.41) is 3.88. The molecule has 0 aliphatic carbocycles. The monoisotopic (exact) mass is 267 g/mol. The fraction of sp³-hybridized carbons (Fsp3) is 1.00. The van der Waals surface area contributed by atoms with Crippen molar-refractivity contribution < 1.29 is 0 Å². The summed E-state index contributed by atoms with van der Waals surface area (Å²) in [5.74, 6) is 0. The van der Waals surface area contributed by atoms with E-state index in [2.05, 4.69) is 35.9 Å². The molecule has 3 heteroatoms. The Bertz CT molecular complexity index is 248. The third-order valence-corrected chi connectivity index (χ3v) is 4.74. The topological polar surface area (TPSA) is 18.5 Å². The molecule has 2 atom stereocenters. The van der Waals surface area contributed by atoms with Gasteiger partial charge in [-0.05, 0) is 79.1 Å². The highest BCUT2D eigenvalue weighted by Gasteiger charge is 2.21. The van der Waals surface area contributed by atoms with Gasteiger partial charge in [0.25, 0.3) is 0 Å². The van der Waals surface area contributed by atoms with Crippen molar-refractivity contribution in [1.29, 1.82) is 0 Å². The van der Waals surface area contributed by atoms with Crippen LogP contribution in [-0.2, 0) is 0 Å². The number of rotatable bonds is 5. The van der Waals surface area contributed by atoms with Crippen LogP contribution in [0.4, 0.5) is 0 Å². The average Bonchev–Trinajstić information content (AvgIpc) is 2.73. The van der Waals surface area contributed by atoms with E-state index >= 15 is 0 Å². The molecule has 0 radical (unpaired) electrons. The Balaban J connectivity index is 1.69. The summed E-state index contributed by atoms with van der Waals surface area (Å²) in [4.78, 5) is 5.25. The van der Waals surface area contributed by atoms with Gasteiger partial charge in [-0.25, -0.2) is 0 Å². The molecule has 0 aromatic carbocycles. The first-order valence-corrected chi connectivity index (χ1v) is 8.37. The first-order chi connectivity index (χ1) is 9.15. The van der Waals surface area contributed by atoms with Crippen molar-refractivity contribution in [3.05, 3.63) is 0 Å². The second kappa shape index (κ2) is 7.61. The summed E-state index contributed by atoms with van der Waals surface area (Å²) in [7, 11) is 0. The zero-order valence-corrected chi connectivity index (χ0v) is 13.2. The van der Waals surface area contributed by atoms with Gasteiger partial charge in [0.2, 0.25) is 0 Å². The van der Waals surface area contributed by atoms with Gasteiger partial charge in [-0.3, -0.25) is 0 Å². The van der Waals surface area contributed by atoms with E-state index < -0.39 is 0 Å². The van der Waals surface area contributed by atoms with Crippen LogP contribution in [0.3, 0.4) is 0 Å². The highest BCUT2D eigenvalue weighted by Crippen LogP contribution is 2.14.